The molecule has 1 heterocycles. The van der Waals surface area contributed by atoms with Crippen molar-refractivity contribution in [2.45, 2.75) is 39.3 Å². The molecule has 2 N–H and O–H groups in total. The van der Waals surface area contributed by atoms with Crippen LogP contribution in [0.5, 0.6) is 0 Å². The summed E-state index contributed by atoms with van der Waals surface area (Å²) in [5.74, 6) is 0.636. The number of hydrogen-bond donors (Lipinski definition) is 1. The average molecular weight is 333 g/mol. The van der Waals surface area contributed by atoms with Gasteiger partial charge in [-0.1, -0.05) is 30.3 Å². The van der Waals surface area contributed by atoms with Gasteiger partial charge in [0.05, 0.1) is 0 Å². The van der Waals surface area contributed by atoms with E-state index >= 15 is 0 Å². The Morgan fingerprint density at radius 3 is 2.54 bits per heavy atom. The third kappa shape index (κ3) is 5.80. The first kappa shape index (κ1) is 18.7. The quantitative estimate of drug-likeness (QED) is 0.833. The maximum absolute atomic E-state index is 12.2. The Labute approximate surface area is 145 Å². The maximum Gasteiger partial charge on any atom is 0.410 e. The van der Waals surface area contributed by atoms with Crippen molar-refractivity contribution in [1.82, 2.24) is 9.80 Å². The summed E-state index contributed by atoms with van der Waals surface area (Å²) in [6.45, 7) is 9.05. The number of amides is 1. The molecule has 0 bridgehead atoms. The molecule has 1 aromatic rings. The lowest BCUT2D eigenvalue weighted by molar-refractivity contribution is 0.0750. The summed E-state index contributed by atoms with van der Waals surface area (Å²) in [6, 6.07) is 10.3. The fourth-order valence-electron chi connectivity index (χ4n) is 3.17. The number of likely N-dealkylation sites (tertiary alicyclic amines) is 1. The lowest BCUT2D eigenvalue weighted by Gasteiger charge is -2.35. The van der Waals surface area contributed by atoms with Gasteiger partial charge in [-0.3, -0.25) is 4.90 Å². The second-order valence-corrected chi connectivity index (χ2v) is 6.85. The second kappa shape index (κ2) is 9.64. The molecule has 1 fully saturated rings. The third-order valence-electron chi connectivity index (χ3n) is 4.72. The van der Waals surface area contributed by atoms with Crippen LogP contribution in [-0.4, -0.2) is 54.7 Å². The van der Waals surface area contributed by atoms with Gasteiger partial charge in [0.15, 0.2) is 0 Å². The second-order valence-electron chi connectivity index (χ2n) is 6.85. The van der Waals surface area contributed by atoms with Gasteiger partial charge in [-0.05, 0) is 38.2 Å². The van der Waals surface area contributed by atoms with Gasteiger partial charge in [-0.2, -0.15) is 0 Å². The Hall–Kier alpha value is -1.59. The van der Waals surface area contributed by atoms with E-state index in [1.165, 1.54) is 0 Å². The van der Waals surface area contributed by atoms with Crippen molar-refractivity contribution >= 4 is 6.09 Å². The van der Waals surface area contributed by atoms with Crippen molar-refractivity contribution in [2.24, 2.45) is 11.7 Å². The van der Waals surface area contributed by atoms with Crippen molar-refractivity contribution in [3.05, 3.63) is 35.9 Å². The summed E-state index contributed by atoms with van der Waals surface area (Å²) < 4.78 is 5.42. The highest BCUT2D eigenvalue weighted by Crippen LogP contribution is 2.20. The van der Waals surface area contributed by atoms with Crippen LogP contribution >= 0.6 is 0 Å². The molecule has 0 unspecified atom stereocenters. The molecule has 0 aliphatic carbocycles. The van der Waals surface area contributed by atoms with E-state index in [2.05, 4.69) is 18.7 Å². The summed E-state index contributed by atoms with van der Waals surface area (Å²) in [5.41, 5.74) is 6.73. The highest BCUT2D eigenvalue weighted by Gasteiger charge is 2.25. The Kier molecular flexibility index (Phi) is 7.53. The number of ether oxygens (including phenoxy) is 1. The van der Waals surface area contributed by atoms with Crippen molar-refractivity contribution in [3.63, 3.8) is 0 Å². The molecule has 1 amide bonds. The van der Waals surface area contributed by atoms with Crippen LogP contribution in [-0.2, 0) is 11.3 Å². The fourth-order valence-corrected chi connectivity index (χ4v) is 3.17. The van der Waals surface area contributed by atoms with Crippen LogP contribution < -0.4 is 5.73 Å². The minimum atomic E-state index is -0.194. The van der Waals surface area contributed by atoms with E-state index < -0.39 is 0 Å². The molecule has 1 aliphatic heterocycles. The van der Waals surface area contributed by atoms with Gasteiger partial charge < -0.3 is 15.4 Å². The monoisotopic (exact) mass is 333 g/mol. The number of carbonyl (C=O) groups is 1. The zero-order valence-corrected chi connectivity index (χ0v) is 15.0. The number of hydrogen-bond acceptors (Lipinski definition) is 4. The van der Waals surface area contributed by atoms with Crippen LogP contribution in [0.25, 0.3) is 0 Å². The number of nitrogens with zero attached hydrogens (tertiary/aromatic N) is 2. The first-order chi connectivity index (χ1) is 11.6. The van der Waals surface area contributed by atoms with E-state index in [0.29, 0.717) is 25.1 Å². The highest BCUT2D eigenvalue weighted by molar-refractivity contribution is 5.67. The summed E-state index contributed by atoms with van der Waals surface area (Å²) >= 11 is 0. The Bertz CT molecular complexity index is 485. The highest BCUT2D eigenvalue weighted by atomic mass is 16.6. The Morgan fingerprint density at radius 2 is 1.96 bits per heavy atom. The van der Waals surface area contributed by atoms with Gasteiger partial charge in [-0.15, -0.1) is 0 Å². The zero-order chi connectivity index (χ0) is 17.4. The van der Waals surface area contributed by atoms with Gasteiger partial charge in [0.25, 0.3) is 0 Å². The summed E-state index contributed by atoms with van der Waals surface area (Å²) in [4.78, 5) is 16.5. The van der Waals surface area contributed by atoms with Crippen molar-refractivity contribution in [2.75, 3.05) is 32.7 Å². The molecule has 0 saturated carbocycles. The van der Waals surface area contributed by atoms with E-state index in [0.717, 1.165) is 44.6 Å². The van der Waals surface area contributed by atoms with Crippen LogP contribution in [0.3, 0.4) is 0 Å². The molecule has 2 rings (SSSR count). The topological polar surface area (TPSA) is 58.8 Å². The molecule has 0 radical (unpaired) electrons. The molecule has 5 heteroatoms. The Balaban J connectivity index is 1.72. The van der Waals surface area contributed by atoms with Crippen LogP contribution in [0.15, 0.2) is 30.3 Å². The number of piperidine rings is 1. The van der Waals surface area contributed by atoms with E-state index in [1.807, 2.05) is 35.2 Å². The fraction of sp³-hybridized carbons (Fsp3) is 0.632. The third-order valence-corrected chi connectivity index (χ3v) is 4.72. The summed E-state index contributed by atoms with van der Waals surface area (Å²) in [7, 11) is 0. The van der Waals surface area contributed by atoms with E-state index in [4.69, 9.17) is 10.5 Å². The van der Waals surface area contributed by atoms with Gasteiger partial charge >= 0.3 is 6.09 Å². The number of nitrogens with two attached hydrogens (primary N) is 1. The molecule has 0 atom stereocenters. The van der Waals surface area contributed by atoms with Crippen molar-refractivity contribution in [3.8, 4) is 0 Å². The first-order valence-corrected chi connectivity index (χ1v) is 9.00. The van der Waals surface area contributed by atoms with Crippen LogP contribution in [0.2, 0.25) is 0 Å². The molecule has 5 nitrogen and oxygen atoms in total. The van der Waals surface area contributed by atoms with Gasteiger partial charge in [-0.25, -0.2) is 4.79 Å². The SMILES string of the molecule is CC(C)N(CCN)CC1CCN(C(=O)OCc2ccccc2)CC1. The van der Waals surface area contributed by atoms with E-state index in [1.54, 1.807) is 0 Å². The van der Waals surface area contributed by atoms with Crippen LogP contribution in [0, 0.1) is 5.92 Å². The summed E-state index contributed by atoms with van der Waals surface area (Å²) in [6.07, 6.45) is 1.88. The van der Waals surface area contributed by atoms with Crippen molar-refractivity contribution in [1.29, 1.82) is 0 Å². The van der Waals surface area contributed by atoms with Crippen molar-refractivity contribution < 1.29 is 9.53 Å². The van der Waals surface area contributed by atoms with E-state index in [-0.39, 0.29) is 6.09 Å². The largest absolute Gasteiger partial charge is 0.445 e. The zero-order valence-electron chi connectivity index (χ0n) is 15.0. The molecule has 0 spiro atoms. The minimum absolute atomic E-state index is 0.194. The maximum atomic E-state index is 12.2. The molecule has 1 aliphatic rings. The number of rotatable bonds is 7. The minimum Gasteiger partial charge on any atom is -0.445 e. The van der Waals surface area contributed by atoms with Gasteiger partial charge in [0, 0.05) is 38.8 Å². The molecule has 0 aromatic heterocycles. The van der Waals surface area contributed by atoms with Crippen LogP contribution in [0.4, 0.5) is 4.79 Å². The lowest BCUT2D eigenvalue weighted by Crippen LogP contribution is -2.44. The number of benzene rings is 1. The Morgan fingerprint density at radius 1 is 1.29 bits per heavy atom. The summed E-state index contributed by atoms with van der Waals surface area (Å²) in [5, 5.41) is 0. The molecule has 1 saturated heterocycles. The van der Waals surface area contributed by atoms with Gasteiger partial charge in [0.1, 0.15) is 6.61 Å². The lowest BCUT2D eigenvalue weighted by atomic mass is 9.96. The molecule has 1 aromatic carbocycles. The van der Waals surface area contributed by atoms with Gasteiger partial charge in [0.2, 0.25) is 0 Å². The smallest absolute Gasteiger partial charge is 0.410 e. The normalized spacial score (nSPS) is 16.0. The molecule has 24 heavy (non-hydrogen) atoms. The standard InChI is InChI=1S/C19H31N3O2/c1-16(2)22(13-10-20)14-17-8-11-21(12-9-17)19(23)24-15-18-6-4-3-5-7-18/h3-7,16-17H,8-15,20H2,1-2H3. The molecule has 134 valence electrons. The van der Waals surface area contributed by atoms with E-state index in [9.17, 15) is 4.79 Å². The predicted octanol–water partition coefficient (Wildman–Crippen LogP) is 2.70. The number of carbonyl (C=O) groups excluding carboxylic acids is 1. The molecular formula is C19H31N3O2. The predicted molar refractivity (Wildman–Crippen MR) is 96.7 cm³/mol. The average Bonchev–Trinajstić information content (AvgIpc) is 2.60. The first-order valence-electron chi connectivity index (χ1n) is 9.00. The van der Waals surface area contributed by atoms with Crippen LogP contribution in [0.1, 0.15) is 32.3 Å². The molecular weight excluding hydrogens is 302 g/mol.